The average molecular weight is 513 g/mol. The van der Waals surface area contributed by atoms with Crippen molar-refractivity contribution in [3.05, 3.63) is 27.2 Å². The molecule has 198 valence electrons. The summed E-state index contributed by atoms with van der Waals surface area (Å²) in [6, 6.07) is 0. The maximum Gasteiger partial charge on any atom is 0.332 e. The van der Waals surface area contributed by atoms with Gasteiger partial charge in [-0.3, -0.25) is 19.3 Å². The first-order valence-electron chi connectivity index (χ1n) is 10.9. The summed E-state index contributed by atoms with van der Waals surface area (Å²) in [4.78, 5) is 27.2. The third kappa shape index (κ3) is 2.81. The number of guanidine groups is 1. The van der Waals surface area contributed by atoms with Gasteiger partial charge in [-0.05, 0) is 0 Å². The summed E-state index contributed by atoms with van der Waals surface area (Å²) in [7, 11) is 4.77. The van der Waals surface area contributed by atoms with Crippen LogP contribution < -0.4 is 21.9 Å². The Labute approximate surface area is 201 Å². The van der Waals surface area contributed by atoms with Crippen molar-refractivity contribution in [1.29, 1.82) is 5.41 Å². The monoisotopic (exact) mass is 513 g/mol. The van der Waals surface area contributed by atoms with E-state index in [9.17, 15) is 40.2 Å². The molecule has 5 aliphatic rings. The zero-order valence-corrected chi connectivity index (χ0v) is 19.4. The highest BCUT2D eigenvalue weighted by Gasteiger charge is 2.83. The van der Waals surface area contributed by atoms with Crippen molar-refractivity contribution >= 4 is 17.1 Å². The van der Waals surface area contributed by atoms with Crippen molar-refractivity contribution in [3.8, 4) is 0 Å². The number of nitrogens with zero attached hydrogens (tertiary/aromatic N) is 4. The fraction of sp³-hybridized carbons (Fsp3) is 0.684. The van der Waals surface area contributed by atoms with Crippen LogP contribution in [0.5, 0.6) is 0 Å². The van der Waals surface area contributed by atoms with Gasteiger partial charge >= 0.3 is 11.7 Å². The van der Waals surface area contributed by atoms with E-state index in [4.69, 9.17) is 14.9 Å². The lowest BCUT2D eigenvalue weighted by Gasteiger charge is -2.72. The predicted octanol–water partition coefficient (Wildman–Crippen LogP) is -6.34. The molecule has 0 aromatic carbocycles. The molecule has 4 saturated heterocycles. The number of aromatic nitrogens is 4. The first-order valence-corrected chi connectivity index (χ1v) is 10.9. The molecule has 1 spiro atoms. The van der Waals surface area contributed by atoms with Gasteiger partial charge in [-0.25, -0.2) is 9.78 Å². The molecule has 7 rings (SSSR count). The molecule has 17 nitrogen and oxygen atoms in total. The largest absolute Gasteiger partial charge is 0.393 e. The number of imidazole rings is 1. The standard InChI is InChI=1S/C11H17N3O8.C8H10N4O2/c12-8-13-6(17)2-4-9(19,1-15)5-3(16)10(2,14-8)7(18)11(20,21-4)22-5;1-10-4-9-6-5(10)7(13)12(3)8(14)11(6)2/h2-7,15-20H,1H2,(H3,12,13,14);4H,1-3H3/t2-,3?,4-,5+,6-,7+,9+,10-,11+;/m1./s1. The fourth-order valence-electron chi connectivity index (χ4n) is 5.75. The number of fused-ring (bicyclic) bond motifs is 1. The van der Waals surface area contributed by atoms with Crippen LogP contribution in [0.1, 0.15) is 0 Å². The predicted molar refractivity (Wildman–Crippen MR) is 116 cm³/mol. The van der Waals surface area contributed by atoms with Gasteiger partial charge in [0.25, 0.3) is 5.56 Å². The summed E-state index contributed by atoms with van der Waals surface area (Å²) in [6.45, 7) is -0.859. The molecule has 5 fully saturated rings. The molecule has 0 radical (unpaired) electrons. The fourth-order valence-corrected chi connectivity index (χ4v) is 5.75. The Bertz CT molecular complexity index is 1370. The van der Waals surface area contributed by atoms with E-state index in [0.29, 0.717) is 11.2 Å². The molecule has 4 bridgehead atoms. The molecule has 0 amide bonds. The molecule has 36 heavy (non-hydrogen) atoms. The lowest BCUT2D eigenvalue weighted by atomic mass is 9.55. The van der Waals surface area contributed by atoms with E-state index in [1.54, 1.807) is 18.7 Å². The number of aryl methyl sites for hydroxylation is 2. The van der Waals surface area contributed by atoms with Crippen LogP contribution in [-0.2, 0) is 30.6 Å². The van der Waals surface area contributed by atoms with Crippen molar-refractivity contribution in [2.24, 2.45) is 27.1 Å². The van der Waals surface area contributed by atoms with Crippen molar-refractivity contribution in [2.75, 3.05) is 6.61 Å². The van der Waals surface area contributed by atoms with E-state index < -0.39 is 60.3 Å². The van der Waals surface area contributed by atoms with E-state index in [2.05, 4.69) is 15.6 Å². The maximum absolute atomic E-state index is 11.7. The minimum absolute atomic E-state index is 0.317. The summed E-state index contributed by atoms with van der Waals surface area (Å²) >= 11 is 0. The summed E-state index contributed by atoms with van der Waals surface area (Å²) in [5.74, 6) is -4.07. The summed E-state index contributed by atoms with van der Waals surface area (Å²) in [6.07, 6.45) is -6.24. The SMILES string of the molecule is Cn1c(=O)c2c(ncn2C)n(C)c1=O.N=C1N[C@H](O)[C@H]2[C@H]3O[C@]4(O)O[C@@H](C(O)[C@@]2(N1)[C@@H]4O)[C@]3(O)CO. The van der Waals surface area contributed by atoms with E-state index in [-0.39, 0.29) is 17.2 Å². The van der Waals surface area contributed by atoms with Crippen molar-refractivity contribution in [1.82, 2.24) is 29.3 Å². The minimum atomic E-state index is -2.53. The molecule has 1 aliphatic carbocycles. The number of hydrogen-bond acceptors (Lipinski definition) is 12. The van der Waals surface area contributed by atoms with Crippen LogP contribution in [0.4, 0.5) is 0 Å². The highest BCUT2D eigenvalue weighted by atomic mass is 16.9. The van der Waals surface area contributed by atoms with Crippen LogP contribution in [-0.4, -0.2) is 110 Å². The van der Waals surface area contributed by atoms with Crippen molar-refractivity contribution in [2.45, 2.75) is 47.8 Å². The first kappa shape index (κ1) is 24.8. The number of aliphatic hydroxyl groups excluding tert-OH is 4. The molecule has 4 aliphatic heterocycles. The van der Waals surface area contributed by atoms with Gasteiger partial charge in [-0.15, -0.1) is 0 Å². The first-order chi connectivity index (χ1) is 16.7. The Balaban J connectivity index is 0.000000165. The number of ether oxygens (including phenoxy) is 2. The number of aliphatic hydroxyl groups is 6. The second kappa shape index (κ2) is 7.56. The Morgan fingerprint density at radius 3 is 2.39 bits per heavy atom. The van der Waals surface area contributed by atoms with E-state index in [1.807, 2.05) is 0 Å². The molecule has 1 unspecified atom stereocenters. The topological polar surface area (TPSA) is 250 Å². The van der Waals surface area contributed by atoms with Gasteiger partial charge in [-0.1, -0.05) is 0 Å². The zero-order chi connectivity index (χ0) is 26.5. The molecule has 9 atom stereocenters. The number of hydrogen-bond donors (Lipinski definition) is 9. The summed E-state index contributed by atoms with van der Waals surface area (Å²) in [5, 5.41) is 74.2. The zero-order valence-electron chi connectivity index (χ0n) is 19.4. The third-order valence-corrected chi connectivity index (χ3v) is 7.57. The normalized spacial score (nSPS) is 42.4. The third-order valence-electron chi connectivity index (χ3n) is 7.57. The lowest BCUT2D eigenvalue weighted by Crippen LogP contribution is -2.96. The molecule has 6 heterocycles. The van der Waals surface area contributed by atoms with Gasteiger partial charge in [0, 0.05) is 21.1 Å². The maximum atomic E-state index is 11.7. The number of rotatable bonds is 1. The van der Waals surface area contributed by atoms with E-state index in [0.717, 1.165) is 4.57 Å². The Morgan fingerprint density at radius 2 is 1.75 bits per heavy atom. The van der Waals surface area contributed by atoms with Crippen LogP contribution in [0.15, 0.2) is 15.9 Å². The average Bonchev–Trinajstić information content (AvgIpc) is 3.22. The summed E-state index contributed by atoms with van der Waals surface area (Å²) in [5.41, 5.74) is -3.69. The van der Waals surface area contributed by atoms with Gasteiger partial charge < -0.3 is 55.3 Å². The van der Waals surface area contributed by atoms with Crippen molar-refractivity contribution < 1.29 is 40.1 Å². The van der Waals surface area contributed by atoms with Gasteiger partial charge in [0.1, 0.15) is 35.7 Å². The van der Waals surface area contributed by atoms with Gasteiger partial charge in [0.2, 0.25) is 0 Å². The second-order valence-corrected chi connectivity index (χ2v) is 9.49. The quantitative estimate of drug-likeness (QED) is 0.172. The molecule has 17 heteroatoms. The molecule has 2 aromatic rings. The number of nitrogens with one attached hydrogen (secondary N) is 3. The highest BCUT2D eigenvalue weighted by Crippen LogP contribution is 2.58. The van der Waals surface area contributed by atoms with Crippen LogP contribution in [0.3, 0.4) is 0 Å². The molecule has 2 aromatic heterocycles. The van der Waals surface area contributed by atoms with Crippen LogP contribution in [0.25, 0.3) is 11.2 Å². The van der Waals surface area contributed by atoms with Crippen LogP contribution >= 0.6 is 0 Å². The van der Waals surface area contributed by atoms with Gasteiger partial charge in [0.15, 0.2) is 23.2 Å². The lowest BCUT2D eigenvalue weighted by molar-refractivity contribution is -0.549. The Kier molecular flexibility index (Phi) is 5.20. The molecule has 1 saturated carbocycles. The smallest absolute Gasteiger partial charge is 0.332 e. The molecular weight excluding hydrogens is 486 g/mol. The van der Waals surface area contributed by atoms with E-state index >= 15 is 0 Å². The van der Waals surface area contributed by atoms with Crippen LogP contribution in [0.2, 0.25) is 0 Å². The minimum Gasteiger partial charge on any atom is -0.393 e. The van der Waals surface area contributed by atoms with Gasteiger partial charge in [0.05, 0.1) is 18.9 Å². The second-order valence-electron chi connectivity index (χ2n) is 9.49. The molecular formula is C19H27N7O10. The van der Waals surface area contributed by atoms with E-state index in [1.165, 1.54) is 17.9 Å². The van der Waals surface area contributed by atoms with Gasteiger partial charge in [-0.2, -0.15) is 0 Å². The van der Waals surface area contributed by atoms with Crippen LogP contribution in [0, 0.1) is 11.3 Å². The molecule has 9 N–H and O–H groups in total. The Morgan fingerprint density at radius 1 is 1.11 bits per heavy atom. The highest BCUT2D eigenvalue weighted by molar-refractivity contribution is 5.79. The Hall–Kier alpha value is -2.90. The van der Waals surface area contributed by atoms with Crippen molar-refractivity contribution in [3.63, 3.8) is 0 Å². The summed E-state index contributed by atoms with van der Waals surface area (Å²) < 4.78 is 14.3.